The van der Waals surface area contributed by atoms with Crippen LogP contribution in [-0.4, -0.2) is 38.4 Å². The van der Waals surface area contributed by atoms with Gasteiger partial charge in [-0.2, -0.15) is 0 Å². The third kappa shape index (κ3) is 3.53. The smallest absolute Gasteiger partial charge is 0.237 e. The van der Waals surface area contributed by atoms with Gasteiger partial charge in [-0.25, -0.2) is 4.68 Å². The minimum Gasteiger partial charge on any atom is -0.311 e. The lowest BCUT2D eigenvalue weighted by Gasteiger charge is -2.29. The van der Waals surface area contributed by atoms with Crippen LogP contribution in [0.3, 0.4) is 0 Å². The summed E-state index contributed by atoms with van der Waals surface area (Å²) in [7, 11) is 0. The van der Waals surface area contributed by atoms with Crippen molar-refractivity contribution < 1.29 is 4.79 Å². The van der Waals surface area contributed by atoms with Crippen molar-refractivity contribution >= 4 is 35.0 Å². The summed E-state index contributed by atoms with van der Waals surface area (Å²) in [5.41, 5.74) is 2.13. The molecule has 0 saturated heterocycles. The van der Waals surface area contributed by atoms with E-state index >= 15 is 0 Å². The van der Waals surface area contributed by atoms with Gasteiger partial charge >= 0.3 is 0 Å². The summed E-state index contributed by atoms with van der Waals surface area (Å²) in [6.07, 6.45) is 6.61. The molecule has 25 heavy (non-hydrogen) atoms. The summed E-state index contributed by atoms with van der Waals surface area (Å²) < 4.78 is 1.90. The second kappa shape index (κ2) is 7.33. The number of aromatic nitrogens is 4. The molecule has 1 aliphatic carbocycles. The number of carbonyl (C=O) groups is 1. The number of fused-ring (bicyclic) bond motifs is 1. The maximum Gasteiger partial charge on any atom is 0.237 e. The molecule has 1 aliphatic heterocycles. The fourth-order valence-corrected chi connectivity index (χ4v) is 4.70. The van der Waals surface area contributed by atoms with Crippen LogP contribution in [0, 0.1) is 0 Å². The largest absolute Gasteiger partial charge is 0.311 e. The molecule has 2 aliphatic rings. The lowest BCUT2D eigenvalue weighted by atomic mass is 10.0. The Morgan fingerprint density at radius 1 is 1.28 bits per heavy atom. The number of nitrogens with zero attached hydrogens (tertiary/aromatic N) is 5. The van der Waals surface area contributed by atoms with E-state index in [1.165, 1.54) is 24.6 Å². The number of hydrogen-bond donors (Lipinski definition) is 0. The molecule has 8 heteroatoms. The van der Waals surface area contributed by atoms with Gasteiger partial charge in [-0.15, -0.1) is 5.10 Å². The molecule has 4 rings (SSSR count). The predicted octanol–water partition coefficient (Wildman–Crippen LogP) is 3.51. The van der Waals surface area contributed by atoms with Gasteiger partial charge in [-0.3, -0.25) is 4.79 Å². The van der Waals surface area contributed by atoms with Crippen molar-refractivity contribution in [3.63, 3.8) is 0 Å². The van der Waals surface area contributed by atoms with E-state index in [-0.39, 0.29) is 5.91 Å². The van der Waals surface area contributed by atoms with Crippen molar-refractivity contribution in [1.82, 2.24) is 20.2 Å². The Hall–Kier alpha value is -1.60. The van der Waals surface area contributed by atoms with E-state index in [1.54, 1.807) is 0 Å². The first-order valence-corrected chi connectivity index (χ1v) is 10.1. The monoisotopic (exact) mass is 377 g/mol. The first-order chi connectivity index (χ1) is 12.2. The number of tetrazole rings is 1. The highest BCUT2D eigenvalue weighted by atomic mass is 35.5. The van der Waals surface area contributed by atoms with E-state index in [4.69, 9.17) is 11.6 Å². The first kappa shape index (κ1) is 16.8. The number of thioether (sulfide) groups is 1. The van der Waals surface area contributed by atoms with Crippen LogP contribution >= 0.6 is 23.4 Å². The van der Waals surface area contributed by atoms with Crippen LogP contribution in [0.1, 0.15) is 43.7 Å². The molecule has 0 spiro atoms. The van der Waals surface area contributed by atoms with Gasteiger partial charge in [0.1, 0.15) is 0 Å². The second-order valence-corrected chi connectivity index (χ2v) is 7.93. The maximum absolute atomic E-state index is 12.8. The molecule has 0 radical (unpaired) electrons. The molecule has 1 fully saturated rings. The Morgan fingerprint density at radius 2 is 2.12 bits per heavy atom. The molecule has 1 aromatic carbocycles. The summed E-state index contributed by atoms with van der Waals surface area (Å²) in [6, 6.07) is 6.14. The lowest BCUT2D eigenvalue weighted by molar-refractivity contribution is -0.116. The Kier molecular flexibility index (Phi) is 4.94. The standard InChI is InChI=1S/C17H20ClN5OS/c18-13-7-8-15-12(10-13)4-3-9-22(15)16(24)11-25-17-19-20-21-23(17)14-5-1-2-6-14/h7-8,10,14H,1-6,9,11H2. The zero-order valence-corrected chi connectivity index (χ0v) is 15.5. The zero-order valence-electron chi connectivity index (χ0n) is 13.9. The van der Waals surface area contributed by atoms with Crippen molar-refractivity contribution in [3.05, 3.63) is 28.8 Å². The van der Waals surface area contributed by atoms with E-state index in [0.717, 1.165) is 53.7 Å². The quantitative estimate of drug-likeness (QED) is 0.763. The van der Waals surface area contributed by atoms with Crippen molar-refractivity contribution in [2.45, 2.75) is 49.7 Å². The SMILES string of the molecule is O=C(CSc1nnnn1C1CCCC1)N1CCCc2cc(Cl)ccc21. The summed E-state index contributed by atoms with van der Waals surface area (Å²) in [4.78, 5) is 14.6. The summed E-state index contributed by atoms with van der Waals surface area (Å²) >= 11 is 7.51. The molecule has 2 aromatic rings. The molecule has 132 valence electrons. The van der Waals surface area contributed by atoms with Crippen molar-refractivity contribution in [2.75, 3.05) is 17.2 Å². The van der Waals surface area contributed by atoms with Crippen LogP contribution in [0.5, 0.6) is 0 Å². The van der Waals surface area contributed by atoms with Crippen LogP contribution in [0.4, 0.5) is 5.69 Å². The van der Waals surface area contributed by atoms with Gasteiger partial charge in [-0.1, -0.05) is 36.2 Å². The summed E-state index contributed by atoms with van der Waals surface area (Å²) in [5, 5.41) is 13.5. The van der Waals surface area contributed by atoms with Crippen LogP contribution < -0.4 is 4.90 Å². The third-order valence-electron chi connectivity index (χ3n) is 4.92. The highest BCUT2D eigenvalue weighted by Crippen LogP contribution is 2.33. The number of aryl methyl sites for hydroxylation is 1. The third-order valence-corrected chi connectivity index (χ3v) is 6.07. The Labute approximate surface area is 155 Å². The van der Waals surface area contributed by atoms with E-state index in [0.29, 0.717) is 11.8 Å². The zero-order chi connectivity index (χ0) is 17.2. The van der Waals surface area contributed by atoms with Crippen LogP contribution in [0.25, 0.3) is 0 Å². The number of amides is 1. The van der Waals surface area contributed by atoms with Crippen LogP contribution in [-0.2, 0) is 11.2 Å². The average Bonchev–Trinajstić information content (AvgIpc) is 3.29. The van der Waals surface area contributed by atoms with Gasteiger partial charge in [0.15, 0.2) is 0 Å². The molecule has 0 unspecified atom stereocenters. The molecule has 1 aromatic heterocycles. The first-order valence-electron chi connectivity index (χ1n) is 8.72. The molecule has 1 amide bonds. The number of hydrogen-bond acceptors (Lipinski definition) is 5. The molecule has 0 atom stereocenters. The molecular weight excluding hydrogens is 358 g/mol. The van der Waals surface area contributed by atoms with E-state index < -0.39 is 0 Å². The molecule has 1 saturated carbocycles. The number of rotatable bonds is 4. The molecule has 2 heterocycles. The molecule has 0 N–H and O–H groups in total. The van der Waals surface area contributed by atoms with Crippen molar-refractivity contribution in [1.29, 1.82) is 0 Å². The number of anilines is 1. The van der Waals surface area contributed by atoms with Crippen molar-refractivity contribution in [3.8, 4) is 0 Å². The van der Waals surface area contributed by atoms with Gasteiger partial charge in [0.25, 0.3) is 0 Å². The Bertz CT molecular complexity index is 774. The Balaban J connectivity index is 1.45. The summed E-state index contributed by atoms with van der Waals surface area (Å²) in [6.45, 7) is 0.752. The number of halogens is 1. The summed E-state index contributed by atoms with van der Waals surface area (Å²) in [5.74, 6) is 0.434. The average molecular weight is 378 g/mol. The van der Waals surface area contributed by atoms with E-state index in [2.05, 4.69) is 15.5 Å². The number of benzene rings is 1. The van der Waals surface area contributed by atoms with E-state index in [1.807, 2.05) is 27.8 Å². The minimum atomic E-state index is 0.0919. The van der Waals surface area contributed by atoms with Gasteiger partial charge in [-0.05, 0) is 59.9 Å². The van der Waals surface area contributed by atoms with Gasteiger partial charge in [0.2, 0.25) is 11.1 Å². The highest BCUT2D eigenvalue weighted by molar-refractivity contribution is 7.99. The van der Waals surface area contributed by atoms with Crippen molar-refractivity contribution in [2.24, 2.45) is 0 Å². The number of carbonyl (C=O) groups excluding carboxylic acids is 1. The topological polar surface area (TPSA) is 63.9 Å². The Morgan fingerprint density at radius 3 is 2.96 bits per heavy atom. The fourth-order valence-electron chi connectivity index (χ4n) is 3.69. The lowest BCUT2D eigenvalue weighted by Crippen LogP contribution is -2.36. The maximum atomic E-state index is 12.8. The molecular formula is C17H20ClN5OS. The van der Waals surface area contributed by atoms with Gasteiger partial charge < -0.3 is 4.90 Å². The molecule has 0 bridgehead atoms. The highest BCUT2D eigenvalue weighted by Gasteiger charge is 2.25. The van der Waals surface area contributed by atoms with Crippen LogP contribution in [0.2, 0.25) is 5.02 Å². The van der Waals surface area contributed by atoms with Gasteiger partial charge in [0, 0.05) is 17.3 Å². The fraction of sp³-hybridized carbons (Fsp3) is 0.529. The molecule has 6 nitrogen and oxygen atoms in total. The van der Waals surface area contributed by atoms with Crippen LogP contribution in [0.15, 0.2) is 23.4 Å². The second-order valence-electron chi connectivity index (χ2n) is 6.55. The van der Waals surface area contributed by atoms with Gasteiger partial charge in [0.05, 0.1) is 11.8 Å². The normalized spacial score (nSPS) is 17.7. The predicted molar refractivity (Wildman–Crippen MR) is 98.2 cm³/mol. The minimum absolute atomic E-state index is 0.0919. The van der Waals surface area contributed by atoms with E-state index in [9.17, 15) is 4.79 Å².